The van der Waals surface area contributed by atoms with Crippen LogP contribution in [0.15, 0.2) is 0 Å². The van der Waals surface area contributed by atoms with Crippen LogP contribution in [0.25, 0.3) is 0 Å². The summed E-state index contributed by atoms with van der Waals surface area (Å²) in [6, 6.07) is -0.432. The van der Waals surface area contributed by atoms with E-state index in [0.717, 1.165) is 28.4 Å². The van der Waals surface area contributed by atoms with Crippen LogP contribution in [0.4, 0.5) is 0 Å². The number of thiazole rings is 1. The number of hydrogen-bond acceptors (Lipinski definition) is 5. The van der Waals surface area contributed by atoms with Gasteiger partial charge in [-0.2, -0.15) is 0 Å². The Bertz CT molecular complexity index is 441. The van der Waals surface area contributed by atoms with Crippen molar-refractivity contribution in [2.45, 2.75) is 39.3 Å². The van der Waals surface area contributed by atoms with Gasteiger partial charge in [0.15, 0.2) is 0 Å². The van der Waals surface area contributed by atoms with E-state index in [0.29, 0.717) is 19.8 Å². The number of rotatable bonds is 4. The summed E-state index contributed by atoms with van der Waals surface area (Å²) in [4.78, 5) is 17.5. The van der Waals surface area contributed by atoms with E-state index in [4.69, 9.17) is 10.5 Å². The summed E-state index contributed by atoms with van der Waals surface area (Å²) < 4.78 is 5.28. The van der Waals surface area contributed by atoms with Crippen LogP contribution in [0, 0.1) is 19.8 Å². The quantitative estimate of drug-likeness (QED) is 0.868. The van der Waals surface area contributed by atoms with Gasteiger partial charge in [-0.3, -0.25) is 4.79 Å². The summed E-state index contributed by atoms with van der Waals surface area (Å²) in [6.07, 6.45) is 1.74. The summed E-state index contributed by atoms with van der Waals surface area (Å²) in [5.41, 5.74) is 7.01. The van der Waals surface area contributed by atoms with Crippen molar-refractivity contribution in [3.05, 3.63) is 15.6 Å². The minimum absolute atomic E-state index is 0.0719. The molecule has 0 saturated carbocycles. The molecule has 0 spiro atoms. The molecule has 1 aliphatic rings. The fourth-order valence-electron chi connectivity index (χ4n) is 2.31. The summed E-state index contributed by atoms with van der Waals surface area (Å²) in [5.74, 6) is 0.162. The van der Waals surface area contributed by atoms with Gasteiger partial charge in [-0.15, -0.1) is 11.3 Å². The average Bonchev–Trinajstić information content (AvgIpc) is 2.74. The first-order valence-corrected chi connectivity index (χ1v) is 7.43. The molecule has 0 aliphatic carbocycles. The number of ether oxygens (including phenoxy) is 1. The largest absolute Gasteiger partial charge is 0.381 e. The number of hydrogen-bond donors (Lipinski definition) is 2. The van der Waals surface area contributed by atoms with Crippen molar-refractivity contribution < 1.29 is 9.53 Å². The van der Waals surface area contributed by atoms with Crippen molar-refractivity contribution in [2.24, 2.45) is 11.7 Å². The summed E-state index contributed by atoms with van der Waals surface area (Å²) in [6.45, 7) is 5.87. The Balaban J connectivity index is 1.85. The highest BCUT2D eigenvalue weighted by Crippen LogP contribution is 2.19. The molecule has 1 aromatic rings. The van der Waals surface area contributed by atoms with Gasteiger partial charge in [0.05, 0.1) is 23.3 Å². The molecular weight excluding hydrogens is 262 g/mol. The first kappa shape index (κ1) is 14.4. The molecule has 1 fully saturated rings. The zero-order valence-electron chi connectivity index (χ0n) is 11.4. The van der Waals surface area contributed by atoms with Crippen molar-refractivity contribution >= 4 is 17.2 Å². The van der Waals surface area contributed by atoms with Crippen molar-refractivity contribution in [3.63, 3.8) is 0 Å². The van der Waals surface area contributed by atoms with Gasteiger partial charge in [-0.1, -0.05) is 0 Å². The molecule has 1 aliphatic heterocycles. The lowest BCUT2D eigenvalue weighted by molar-refractivity contribution is -0.124. The topological polar surface area (TPSA) is 77.2 Å². The summed E-state index contributed by atoms with van der Waals surface area (Å²) >= 11 is 1.62. The lowest BCUT2D eigenvalue weighted by Crippen LogP contribution is -2.46. The molecule has 5 nitrogen and oxygen atoms in total. The molecule has 1 atom stereocenters. The molecular formula is C13H21N3O2S. The highest BCUT2D eigenvalue weighted by Gasteiger charge is 2.26. The molecule has 1 saturated heterocycles. The fraction of sp³-hybridized carbons (Fsp3) is 0.692. The van der Waals surface area contributed by atoms with Crippen molar-refractivity contribution in [1.29, 1.82) is 0 Å². The normalized spacial score (nSPS) is 18.3. The van der Waals surface area contributed by atoms with Gasteiger partial charge in [0.1, 0.15) is 0 Å². The molecule has 2 rings (SSSR count). The van der Waals surface area contributed by atoms with Crippen LogP contribution in [0.3, 0.4) is 0 Å². The molecule has 0 aromatic carbocycles. The van der Waals surface area contributed by atoms with Gasteiger partial charge in [0, 0.05) is 18.1 Å². The zero-order valence-corrected chi connectivity index (χ0v) is 12.3. The number of aromatic nitrogens is 1. The van der Waals surface area contributed by atoms with Crippen LogP contribution in [0.1, 0.15) is 28.4 Å². The second kappa shape index (κ2) is 6.45. The number of carbonyl (C=O) groups is 1. The third-order valence-electron chi connectivity index (χ3n) is 3.50. The third kappa shape index (κ3) is 3.75. The molecule has 3 N–H and O–H groups in total. The summed E-state index contributed by atoms with van der Waals surface area (Å²) in [7, 11) is 0. The number of aryl methyl sites for hydroxylation is 2. The van der Waals surface area contributed by atoms with Gasteiger partial charge in [-0.25, -0.2) is 4.98 Å². The fourth-order valence-corrected chi connectivity index (χ4v) is 3.19. The molecule has 1 amide bonds. The minimum atomic E-state index is -0.432. The molecule has 2 heterocycles. The van der Waals surface area contributed by atoms with E-state index < -0.39 is 6.04 Å². The average molecular weight is 283 g/mol. The van der Waals surface area contributed by atoms with Crippen LogP contribution in [0.2, 0.25) is 0 Å². The van der Waals surface area contributed by atoms with E-state index in [2.05, 4.69) is 10.3 Å². The smallest absolute Gasteiger partial charge is 0.237 e. The second-order valence-electron chi connectivity index (χ2n) is 4.93. The lowest BCUT2D eigenvalue weighted by Gasteiger charge is -2.26. The first-order valence-electron chi connectivity index (χ1n) is 6.62. The van der Waals surface area contributed by atoms with Crippen LogP contribution in [-0.2, 0) is 16.1 Å². The maximum absolute atomic E-state index is 12.0. The Hall–Kier alpha value is -0.980. The van der Waals surface area contributed by atoms with Gasteiger partial charge in [0.2, 0.25) is 5.91 Å². The molecule has 0 radical (unpaired) electrons. The van der Waals surface area contributed by atoms with E-state index in [1.807, 2.05) is 13.8 Å². The number of nitrogens with two attached hydrogens (primary N) is 1. The van der Waals surface area contributed by atoms with Crippen LogP contribution >= 0.6 is 11.3 Å². The SMILES string of the molecule is Cc1nc(C)c(CNC(=O)C(N)C2CCOCC2)s1. The molecule has 106 valence electrons. The second-order valence-corrected chi connectivity index (χ2v) is 6.22. The molecule has 1 aromatic heterocycles. The predicted molar refractivity (Wildman–Crippen MR) is 75.0 cm³/mol. The molecule has 19 heavy (non-hydrogen) atoms. The first-order chi connectivity index (χ1) is 9.08. The van der Waals surface area contributed by atoms with Crippen molar-refractivity contribution in [1.82, 2.24) is 10.3 Å². The van der Waals surface area contributed by atoms with E-state index in [-0.39, 0.29) is 11.8 Å². The monoisotopic (exact) mass is 283 g/mol. The molecule has 0 bridgehead atoms. The van der Waals surface area contributed by atoms with Gasteiger partial charge < -0.3 is 15.8 Å². The van der Waals surface area contributed by atoms with Crippen molar-refractivity contribution in [3.8, 4) is 0 Å². The maximum Gasteiger partial charge on any atom is 0.237 e. The number of carbonyl (C=O) groups excluding carboxylic acids is 1. The van der Waals surface area contributed by atoms with Crippen LogP contribution in [0.5, 0.6) is 0 Å². The van der Waals surface area contributed by atoms with Gasteiger partial charge >= 0.3 is 0 Å². The Kier molecular flexibility index (Phi) is 4.90. The van der Waals surface area contributed by atoms with Crippen LogP contribution < -0.4 is 11.1 Å². The Labute approximate surface area is 117 Å². The number of amides is 1. The van der Waals surface area contributed by atoms with E-state index in [1.165, 1.54) is 0 Å². The zero-order chi connectivity index (χ0) is 13.8. The Morgan fingerprint density at radius 2 is 2.21 bits per heavy atom. The predicted octanol–water partition coefficient (Wildman–Crippen LogP) is 1.13. The maximum atomic E-state index is 12.0. The van der Waals surface area contributed by atoms with Crippen LogP contribution in [-0.4, -0.2) is 30.1 Å². The van der Waals surface area contributed by atoms with Gasteiger partial charge in [-0.05, 0) is 32.6 Å². The minimum Gasteiger partial charge on any atom is -0.381 e. The lowest BCUT2D eigenvalue weighted by atomic mass is 9.92. The van der Waals surface area contributed by atoms with E-state index in [9.17, 15) is 4.79 Å². The third-order valence-corrected chi connectivity index (χ3v) is 4.57. The Morgan fingerprint density at radius 3 is 2.79 bits per heavy atom. The Morgan fingerprint density at radius 1 is 1.53 bits per heavy atom. The number of nitrogens with one attached hydrogen (secondary N) is 1. The van der Waals surface area contributed by atoms with Gasteiger partial charge in [0.25, 0.3) is 0 Å². The molecule has 1 unspecified atom stereocenters. The van der Waals surface area contributed by atoms with E-state index >= 15 is 0 Å². The molecule has 6 heteroatoms. The highest BCUT2D eigenvalue weighted by molar-refractivity contribution is 7.11. The standard InChI is InChI=1S/C13H21N3O2S/c1-8-11(19-9(2)16-8)7-15-13(17)12(14)10-3-5-18-6-4-10/h10,12H,3-7,14H2,1-2H3,(H,15,17). The van der Waals surface area contributed by atoms with E-state index in [1.54, 1.807) is 11.3 Å². The highest BCUT2D eigenvalue weighted by atomic mass is 32.1. The number of nitrogens with zero attached hydrogens (tertiary/aromatic N) is 1. The van der Waals surface area contributed by atoms with Crippen molar-refractivity contribution in [2.75, 3.05) is 13.2 Å². The summed E-state index contributed by atoms with van der Waals surface area (Å²) in [5, 5.41) is 3.94.